The molecule has 0 fully saturated rings. The predicted molar refractivity (Wildman–Crippen MR) is 268 cm³/mol. The minimum absolute atomic E-state index is 0.216. The molecule has 0 bridgehead atoms. The summed E-state index contributed by atoms with van der Waals surface area (Å²) in [4.78, 5) is 16.0. The van der Waals surface area contributed by atoms with Crippen LogP contribution in [0.15, 0.2) is 212 Å². The lowest BCUT2D eigenvalue weighted by Gasteiger charge is -2.35. The highest BCUT2D eigenvalue weighted by Crippen LogP contribution is 2.49. The number of hydrogen-bond acceptors (Lipinski definition) is 3. The van der Waals surface area contributed by atoms with E-state index in [1.807, 2.05) is 18.2 Å². The van der Waals surface area contributed by atoms with Crippen molar-refractivity contribution in [2.75, 3.05) is 0 Å². The molecule has 306 valence electrons. The largest absolute Gasteiger partial charge is 0.309 e. The third kappa shape index (κ3) is 5.82. The van der Waals surface area contributed by atoms with Gasteiger partial charge in [0.25, 0.3) is 0 Å². The van der Waals surface area contributed by atoms with Crippen molar-refractivity contribution in [3.63, 3.8) is 0 Å². The minimum Gasteiger partial charge on any atom is -0.309 e. The molecule has 0 saturated carbocycles. The van der Waals surface area contributed by atoms with Gasteiger partial charge in [0.1, 0.15) is 0 Å². The Morgan fingerprint density at radius 3 is 1.34 bits per heavy atom. The highest BCUT2D eigenvalue weighted by Gasteiger charge is 2.35. The van der Waals surface area contributed by atoms with Crippen LogP contribution in [-0.4, -0.2) is 24.1 Å². The smallest absolute Gasteiger partial charge is 0.238 e. The number of para-hydroxylation sites is 1. The van der Waals surface area contributed by atoms with E-state index in [1.54, 1.807) is 0 Å². The van der Waals surface area contributed by atoms with Crippen LogP contribution in [0.3, 0.4) is 0 Å². The SMILES string of the molecule is CC1(C)c2ccccc2-n2c3ccc(-c4nc(-c5ccccc5)nc(-n5c6ccc(-c7ccccc7)cc6c6cc(-c7ccccc7)ccc65)n4)cc3c3cc(-c4ccccc4)cc1c32. The van der Waals surface area contributed by atoms with Gasteiger partial charge in [-0.2, -0.15) is 9.97 Å². The molecule has 9 aromatic carbocycles. The summed E-state index contributed by atoms with van der Waals surface area (Å²) in [6.45, 7) is 4.72. The molecular weight excluding hydrogens is 791 g/mol. The fraction of sp³-hybridized carbons (Fsp3) is 0.0500. The molecule has 12 aromatic rings. The monoisotopic (exact) mass is 831 g/mol. The average molecular weight is 832 g/mol. The number of nitrogens with zero attached hydrogens (tertiary/aromatic N) is 5. The summed E-state index contributed by atoms with van der Waals surface area (Å²) in [5.41, 5.74) is 17.0. The molecule has 0 unspecified atom stereocenters. The van der Waals surface area contributed by atoms with Crippen LogP contribution in [0.4, 0.5) is 0 Å². The van der Waals surface area contributed by atoms with Crippen LogP contribution >= 0.6 is 0 Å². The molecule has 0 aliphatic carbocycles. The summed E-state index contributed by atoms with van der Waals surface area (Å²) in [5.74, 6) is 1.80. The van der Waals surface area contributed by atoms with Crippen molar-refractivity contribution in [2.45, 2.75) is 19.3 Å². The van der Waals surface area contributed by atoms with Gasteiger partial charge in [0.2, 0.25) is 5.95 Å². The molecule has 0 atom stereocenters. The topological polar surface area (TPSA) is 48.5 Å². The summed E-state index contributed by atoms with van der Waals surface area (Å²) in [6.07, 6.45) is 0. The molecule has 0 radical (unpaired) electrons. The van der Waals surface area contributed by atoms with Gasteiger partial charge in [-0.25, -0.2) is 4.98 Å². The number of benzene rings is 9. The minimum atomic E-state index is -0.216. The Kier molecular flexibility index (Phi) is 8.18. The molecule has 0 amide bonds. The molecule has 4 heterocycles. The Balaban J connectivity index is 1.07. The maximum atomic E-state index is 5.43. The molecule has 0 N–H and O–H groups in total. The summed E-state index contributed by atoms with van der Waals surface area (Å²) < 4.78 is 4.69. The zero-order chi connectivity index (χ0) is 43.2. The second-order valence-corrected chi connectivity index (χ2v) is 17.7. The van der Waals surface area contributed by atoms with E-state index in [-0.39, 0.29) is 5.41 Å². The van der Waals surface area contributed by atoms with Gasteiger partial charge in [-0.1, -0.05) is 166 Å². The van der Waals surface area contributed by atoms with Gasteiger partial charge < -0.3 is 4.57 Å². The van der Waals surface area contributed by atoms with E-state index in [2.05, 4.69) is 217 Å². The zero-order valence-corrected chi connectivity index (χ0v) is 35.9. The second-order valence-electron chi connectivity index (χ2n) is 17.7. The lowest BCUT2D eigenvalue weighted by molar-refractivity contribution is 0.630. The maximum Gasteiger partial charge on any atom is 0.238 e. The standard InChI is InChI=1S/C60H41N5/c1-60(2)50-25-15-16-26-55(50)64-52-32-29-44(35-48(52)49-36-45(37-51(60)56(49)64)40-21-11-5-12-22-40)58-61-57(41-23-13-6-14-24-41)62-59(63-58)65-53-30-27-42(38-17-7-3-8-18-38)33-46(53)47-34-43(28-31-54(47)65)39-19-9-4-10-20-39/h3-37H,1-2H3. The van der Waals surface area contributed by atoms with Gasteiger partial charge in [-0.15, -0.1) is 0 Å². The number of fused-ring (bicyclic) bond motifs is 8. The molecule has 0 spiro atoms. The maximum absolute atomic E-state index is 5.43. The van der Waals surface area contributed by atoms with Gasteiger partial charge in [0.15, 0.2) is 11.6 Å². The Morgan fingerprint density at radius 2 is 0.754 bits per heavy atom. The van der Waals surface area contributed by atoms with Crippen molar-refractivity contribution < 1.29 is 0 Å². The van der Waals surface area contributed by atoms with Crippen molar-refractivity contribution in [3.05, 3.63) is 223 Å². The third-order valence-electron chi connectivity index (χ3n) is 13.6. The van der Waals surface area contributed by atoms with Gasteiger partial charge in [-0.3, -0.25) is 4.57 Å². The predicted octanol–water partition coefficient (Wildman–Crippen LogP) is 15.0. The Morgan fingerprint density at radius 1 is 0.323 bits per heavy atom. The first-order chi connectivity index (χ1) is 32.0. The van der Waals surface area contributed by atoms with Gasteiger partial charge in [0.05, 0.1) is 27.8 Å². The third-order valence-corrected chi connectivity index (χ3v) is 13.6. The van der Waals surface area contributed by atoms with Crippen molar-refractivity contribution >= 4 is 43.6 Å². The summed E-state index contributed by atoms with van der Waals surface area (Å²) in [5, 5.41) is 4.64. The van der Waals surface area contributed by atoms with Crippen LogP contribution < -0.4 is 0 Å². The highest BCUT2D eigenvalue weighted by molar-refractivity contribution is 6.14. The van der Waals surface area contributed by atoms with Crippen molar-refractivity contribution in [1.29, 1.82) is 0 Å². The Bertz CT molecular complexity index is 3730. The van der Waals surface area contributed by atoms with Crippen LogP contribution in [0.5, 0.6) is 0 Å². The first kappa shape index (κ1) is 37.2. The lowest BCUT2D eigenvalue weighted by Crippen LogP contribution is -2.26. The zero-order valence-electron chi connectivity index (χ0n) is 35.9. The molecule has 65 heavy (non-hydrogen) atoms. The van der Waals surface area contributed by atoms with Crippen LogP contribution in [0.2, 0.25) is 0 Å². The van der Waals surface area contributed by atoms with Crippen LogP contribution in [0, 0.1) is 0 Å². The van der Waals surface area contributed by atoms with E-state index < -0.39 is 0 Å². The molecule has 1 aliphatic heterocycles. The molecule has 5 heteroatoms. The van der Waals surface area contributed by atoms with E-state index >= 15 is 0 Å². The fourth-order valence-corrected chi connectivity index (χ4v) is 10.3. The van der Waals surface area contributed by atoms with E-state index in [1.165, 1.54) is 50.0 Å². The quantitative estimate of drug-likeness (QED) is 0.168. The van der Waals surface area contributed by atoms with Crippen LogP contribution in [-0.2, 0) is 5.41 Å². The first-order valence-corrected chi connectivity index (χ1v) is 22.3. The molecule has 0 saturated heterocycles. The number of hydrogen-bond donors (Lipinski definition) is 0. The van der Waals surface area contributed by atoms with Crippen molar-refractivity contribution in [2.24, 2.45) is 0 Å². The normalized spacial score (nSPS) is 12.9. The number of rotatable bonds is 6. The Labute approximate surface area is 376 Å². The first-order valence-electron chi connectivity index (χ1n) is 22.3. The fourth-order valence-electron chi connectivity index (χ4n) is 10.3. The van der Waals surface area contributed by atoms with Gasteiger partial charge in [0, 0.05) is 38.1 Å². The molecule has 1 aliphatic rings. The molecule has 13 rings (SSSR count). The van der Waals surface area contributed by atoms with Crippen molar-refractivity contribution in [1.82, 2.24) is 24.1 Å². The van der Waals surface area contributed by atoms with Crippen LogP contribution in [0.25, 0.3) is 111 Å². The lowest BCUT2D eigenvalue weighted by atomic mass is 9.74. The van der Waals surface area contributed by atoms with Crippen molar-refractivity contribution in [3.8, 4) is 67.8 Å². The van der Waals surface area contributed by atoms with E-state index in [4.69, 9.17) is 15.0 Å². The van der Waals surface area contributed by atoms with E-state index in [0.717, 1.165) is 55.0 Å². The highest BCUT2D eigenvalue weighted by atomic mass is 15.2. The summed E-state index contributed by atoms with van der Waals surface area (Å²) in [6, 6.07) is 76.0. The summed E-state index contributed by atoms with van der Waals surface area (Å²) in [7, 11) is 0. The summed E-state index contributed by atoms with van der Waals surface area (Å²) >= 11 is 0. The molecule has 5 nitrogen and oxygen atoms in total. The second kappa shape index (κ2) is 14.3. The molecule has 3 aromatic heterocycles. The van der Waals surface area contributed by atoms with Gasteiger partial charge >= 0.3 is 0 Å². The van der Waals surface area contributed by atoms with E-state index in [9.17, 15) is 0 Å². The number of aromatic nitrogens is 5. The Hall–Kier alpha value is -8.41. The molecular formula is C60H41N5. The van der Waals surface area contributed by atoms with Gasteiger partial charge in [-0.05, 0) is 105 Å². The van der Waals surface area contributed by atoms with Crippen LogP contribution in [0.1, 0.15) is 25.0 Å². The van der Waals surface area contributed by atoms with E-state index in [0.29, 0.717) is 17.6 Å². The average Bonchev–Trinajstić information content (AvgIpc) is 3.88.